The van der Waals surface area contributed by atoms with Crippen molar-refractivity contribution < 1.29 is 4.79 Å². The van der Waals surface area contributed by atoms with Crippen LogP contribution in [0.3, 0.4) is 0 Å². The summed E-state index contributed by atoms with van der Waals surface area (Å²) in [6, 6.07) is 12.3. The summed E-state index contributed by atoms with van der Waals surface area (Å²) in [4.78, 5) is 17.5. The van der Waals surface area contributed by atoms with Gasteiger partial charge in [-0.25, -0.2) is 4.79 Å². The van der Waals surface area contributed by atoms with Crippen LogP contribution in [0, 0.1) is 11.3 Å². The second-order valence-electron chi connectivity index (χ2n) is 4.33. The molecule has 1 heterocycles. The molecule has 100 valence electrons. The van der Waals surface area contributed by atoms with Gasteiger partial charge in [0.1, 0.15) is 0 Å². The minimum absolute atomic E-state index is 0.225. The zero-order valence-electron chi connectivity index (χ0n) is 11.1. The van der Waals surface area contributed by atoms with Crippen LogP contribution in [-0.2, 0) is 6.54 Å². The van der Waals surface area contributed by atoms with E-state index in [9.17, 15) is 4.79 Å². The summed E-state index contributed by atoms with van der Waals surface area (Å²) >= 11 is 0. The number of benzene rings is 1. The van der Waals surface area contributed by atoms with E-state index in [1.54, 1.807) is 48.6 Å². The largest absolute Gasteiger partial charge is 0.323 e. The number of rotatable bonds is 3. The molecule has 1 aromatic heterocycles. The number of pyridine rings is 1. The van der Waals surface area contributed by atoms with Gasteiger partial charge in [0.25, 0.3) is 0 Å². The van der Waals surface area contributed by atoms with E-state index < -0.39 is 0 Å². The zero-order valence-corrected chi connectivity index (χ0v) is 11.1. The molecule has 2 amide bonds. The summed E-state index contributed by atoms with van der Waals surface area (Å²) in [6.07, 6.45) is 3.38. The lowest BCUT2D eigenvalue weighted by molar-refractivity contribution is 0.220. The molecule has 0 saturated carbocycles. The lowest BCUT2D eigenvalue weighted by Gasteiger charge is -2.18. The number of carbonyl (C=O) groups is 1. The van der Waals surface area contributed by atoms with Crippen LogP contribution in [0.2, 0.25) is 0 Å². The fourth-order valence-corrected chi connectivity index (χ4v) is 1.72. The highest BCUT2D eigenvalue weighted by atomic mass is 16.2. The molecule has 0 aliphatic carbocycles. The minimum Gasteiger partial charge on any atom is -0.323 e. The highest BCUT2D eigenvalue weighted by molar-refractivity contribution is 5.89. The second-order valence-corrected chi connectivity index (χ2v) is 4.33. The van der Waals surface area contributed by atoms with E-state index in [1.807, 2.05) is 18.2 Å². The SMILES string of the molecule is CN(Cc1ccncc1)C(=O)Nc1cccc(C#N)c1. The van der Waals surface area contributed by atoms with Crippen molar-refractivity contribution >= 4 is 11.7 Å². The molecule has 5 nitrogen and oxygen atoms in total. The van der Waals surface area contributed by atoms with E-state index >= 15 is 0 Å². The molecule has 0 aliphatic rings. The minimum atomic E-state index is -0.225. The molecule has 2 rings (SSSR count). The quantitative estimate of drug-likeness (QED) is 0.928. The van der Waals surface area contributed by atoms with Gasteiger partial charge in [-0.15, -0.1) is 0 Å². The lowest BCUT2D eigenvalue weighted by atomic mass is 10.2. The first kappa shape index (κ1) is 13.6. The van der Waals surface area contributed by atoms with Crippen molar-refractivity contribution in [2.75, 3.05) is 12.4 Å². The van der Waals surface area contributed by atoms with Crippen molar-refractivity contribution in [1.29, 1.82) is 5.26 Å². The molecule has 0 atom stereocenters. The van der Waals surface area contributed by atoms with Gasteiger partial charge in [-0.2, -0.15) is 5.26 Å². The molecule has 2 aromatic rings. The van der Waals surface area contributed by atoms with Crippen molar-refractivity contribution in [3.8, 4) is 6.07 Å². The Balaban J connectivity index is 1.99. The molecule has 1 N–H and O–H groups in total. The number of nitrogens with one attached hydrogen (secondary N) is 1. The fraction of sp³-hybridized carbons (Fsp3) is 0.133. The van der Waals surface area contributed by atoms with Crippen molar-refractivity contribution in [1.82, 2.24) is 9.88 Å². The molecule has 0 aliphatic heterocycles. The van der Waals surface area contributed by atoms with E-state index in [1.165, 1.54) is 0 Å². The van der Waals surface area contributed by atoms with Gasteiger partial charge >= 0.3 is 6.03 Å². The first-order chi connectivity index (χ1) is 9.69. The number of carbonyl (C=O) groups excluding carboxylic acids is 1. The summed E-state index contributed by atoms with van der Waals surface area (Å²) in [5, 5.41) is 11.6. The Morgan fingerprint density at radius 3 is 2.80 bits per heavy atom. The van der Waals surface area contributed by atoms with Crippen molar-refractivity contribution in [2.24, 2.45) is 0 Å². The van der Waals surface area contributed by atoms with Gasteiger partial charge in [0.05, 0.1) is 11.6 Å². The van der Waals surface area contributed by atoms with Crippen LogP contribution in [0.15, 0.2) is 48.8 Å². The number of hydrogen-bond acceptors (Lipinski definition) is 3. The van der Waals surface area contributed by atoms with Crippen LogP contribution < -0.4 is 5.32 Å². The summed E-state index contributed by atoms with van der Waals surface area (Å²) in [6.45, 7) is 0.492. The van der Waals surface area contributed by atoms with E-state index in [-0.39, 0.29) is 6.03 Å². The van der Waals surface area contributed by atoms with Gasteiger partial charge in [-0.1, -0.05) is 6.07 Å². The Bertz CT molecular complexity index is 634. The molecule has 20 heavy (non-hydrogen) atoms. The van der Waals surface area contributed by atoms with E-state index in [0.29, 0.717) is 17.8 Å². The van der Waals surface area contributed by atoms with E-state index in [4.69, 9.17) is 5.26 Å². The van der Waals surface area contributed by atoms with Gasteiger partial charge in [0, 0.05) is 31.7 Å². The van der Waals surface area contributed by atoms with Crippen LogP contribution >= 0.6 is 0 Å². The normalized spacial score (nSPS) is 9.60. The summed E-state index contributed by atoms with van der Waals surface area (Å²) in [5.74, 6) is 0. The molecular formula is C15H14N4O. The lowest BCUT2D eigenvalue weighted by Crippen LogP contribution is -2.30. The van der Waals surface area contributed by atoms with Gasteiger partial charge in [-0.05, 0) is 35.9 Å². The van der Waals surface area contributed by atoms with Crippen LogP contribution in [-0.4, -0.2) is 23.0 Å². The van der Waals surface area contributed by atoms with Crippen LogP contribution in [0.4, 0.5) is 10.5 Å². The monoisotopic (exact) mass is 266 g/mol. The third-order valence-corrected chi connectivity index (χ3v) is 2.76. The number of nitrogens with zero attached hydrogens (tertiary/aromatic N) is 3. The molecule has 1 aromatic carbocycles. The summed E-state index contributed by atoms with van der Waals surface area (Å²) in [5.41, 5.74) is 2.12. The maximum absolute atomic E-state index is 12.0. The molecule has 0 bridgehead atoms. The average molecular weight is 266 g/mol. The van der Waals surface area contributed by atoms with Crippen LogP contribution in [0.5, 0.6) is 0 Å². The molecule has 0 saturated heterocycles. The maximum Gasteiger partial charge on any atom is 0.321 e. The van der Waals surface area contributed by atoms with Crippen molar-refractivity contribution in [2.45, 2.75) is 6.54 Å². The average Bonchev–Trinajstić information content (AvgIpc) is 2.48. The topological polar surface area (TPSA) is 69.0 Å². The first-order valence-electron chi connectivity index (χ1n) is 6.10. The second kappa shape index (κ2) is 6.34. The molecule has 0 fully saturated rings. The standard InChI is InChI=1S/C15H14N4O/c1-19(11-12-5-7-17-8-6-12)15(20)18-14-4-2-3-13(9-14)10-16/h2-9H,11H2,1H3,(H,18,20). The zero-order chi connectivity index (χ0) is 14.4. The van der Waals surface area contributed by atoms with E-state index in [0.717, 1.165) is 5.56 Å². The number of hydrogen-bond donors (Lipinski definition) is 1. The predicted molar refractivity (Wildman–Crippen MR) is 75.9 cm³/mol. The maximum atomic E-state index is 12.0. The highest BCUT2D eigenvalue weighted by Gasteiger charge is 2.09. The third kappa shape index (κ3) is 3.56. The number of urea groups is 1. The van der Waals surface area contributed by atoms with Crippen molar-refractivity contribution in [3.05, 3.63) is 59.9 Å². The smallest absolute Gasteiger partial charge is 0.321 e. The number of aromatic nitrogens is 1. The summed E-state index contributed by atoms with van der Waals surface area (Å²) < 4.78 is 0. The number of nitriles is 1. The van der Waals surface area contributed by atoms with Gasteiger partial charge in [0.15, 0.2) is 0 Å². The van der Waals surface area contributed by atoms with Crippen molar-refractivity contribution in [3.63, 3.8) is 0 Å². The molecule has 0 radical (unpaired) electrons. The Kier molecular flexibility index (Phi) is 4.30. The Morgan fingerprint density at radius 2 is 2.10 bits per heavy atom. The molecular weight excluding hydrogens is 252 g/mol. The highest BCUT2D eigenvalue weighted by Crippen LogP contribution is 2.11. The van der Waals surface area contributed by atoms with Gasteiger partial charge in [-0.3, -0.25) is 4.98 Å². The number of anilines is 1. The summed E-state index contributed by atoms with van der Waals surface area (Å²) in [7, 11) is 1.71. The fourth-order valence-electron chi connectivity index (χ4n) is 1.72. The predicted octanol–water partition coefficient (Wildman–Crippen LogP) is 2.62. The van der Waals surface area contributed by atoms with Crippen LogP contribution in [0.1, 0.15) is 11.1 Å². The Hall–Kier alpha value is -2.87. The third-order valence-electron chi connectivity index (χ3n) is 2.76. The molecule has 0 unspecified atom stereocenters. The molecule has 5 heteroatoms. The number of amides is 2. The van der Waals surface area contributed by atoms with Crippen LogP contribution in [0.25, 0.3) is 0 Å². The Morgan fingerprint density at radius 1 is 1.35 bits per heavy atom. The Labute approximate surface area is 117 Å². The molecule has 0 spiro atoms. The first-order valence-corrected chi connectivity index (χ1v) is 6.10. The van der Waals surface area contributed by atoms with Gasteiger partial charge in [0.2, 0.25) is 0 Å². The van der Waals surface area contributed by atoms with Gasteiger partial charge < -0.3 is 10.2 Å². The van der Waals surface area contributed by atoms with E-state index in [2.05, 4.69) is 10.3 Å².